The molecule has 1 rings (SSSR count). The summed E-state index contributed by atoms with van der Waals surface area (Å²) in [4.78, 5) is 13.0. The fourth-order valence-electron chi connectivity index (χ4n) is 1.74. The van der Waals surface area contributed by atoms with E-state index < -0.39 is 16.0 Å². The maximum Gasteiger partial charge on any atom is 0.352 e. The van der Waals surface area contributed by atoms with Crippen LogP contribution in [0.15, 0.2) is 17.2 Å². The van der Waals surface area contributed by atoms with Crippen molar-refractivity contribution in [3.63, 3.8) is 0 Å². The van der Waals surface area contributed by atoms with E-state index >= 15 is 0 Å². The molecule has 6 nitrogen and oxygen atoms in total. The minimum absolute atomic E-state index is 0.0597. The molecule has 7 heteroatoms. The highest BCUT2D eigenvalue weighted by molar-refractivity contribution is 7.89. The molecule has 0 spiro atoms. The van der Waals surface area contributed by atoms with Gasteiger partial charge in [0.2, 0.25) is 10.0 Å². The van der Waals surface area contributed by atoms with Gasteiger partial charge in [0.05, 0.1) is 0 Å². The highest BCUT2D eigenvalue weighted by Gasteiger charge is 2.20. The van der Waals surface area contributed by atoms with Crippen LogP contribution in [0.3, 0.4) is 0 Å². The van der Waals surface area contributed by atoms with Gasteiger partial charge in [0.25, 0.3) is 0 Å². The van der Waals surface area contributed by atoms with Crippen molar-refractivity contribution in [3.05, 3.63) is 18.0 Å². The fourth-order valence-corrected chi connectivity index (χ4v) is 2.99. The number of H-pyrrole nitrogens is 1. The molecule has 0 aliphatic carbocycles. The Labute approximate surface area is 106 Å². The van der Waals surface area contributed by atoms with Gasteiger partial charge < -0.3 is 10.1 Å². The Bertz CT molecular complexity index is 519. The van der Waals surface area contributed by atoms with Crippen LogP contribution in [0.5, 0.6) is 0 Å². The predicted octanol–water partition coefficient (Wildman–Crippen LogP) is 1.43. The molecule has 0 saturated heterocycles. The lowest BCUT2D eigenvalue weighted by molar-refractivity contribution is 0.0691. The molecule has 18 heavy (non-hydrogen) atoms. The Kier molecular flexibility index (Phi) is 4.53. The van der Waals surface area contributed by atoms with Gasteiger partial charge in [-0.05, 0) is 25.3 Å². The minimum atomic E-state index is -3.66. The Morgan fingerprint density at radius 1 is 1.44 bits per heavy atom. The van der Waals surface area contributed by atoms with Gasteiger partial charge in [0.1, 0.15) is 10.6 Å². The Morgan fingerprint density at radius 2 is 2.06 bits per heavy atom. The van der Waals surface area contributed by atoms with Gasteiger partial charge in [-0.2, -0.15) is 0 Å². The molecule has 0 radical (unpaired) electrons. The van der Waals surface area contributed by atoms with Gasteiger partial charge in [0, 0.05) is 12.2 Å². The zero-order valence-electron chi connectivity index (χ0n) is 10.6. The molecule has 0 aliphatic heterocycles. The first kappa shape index (κ1) is 14.7. The summed E-state index contributed by atoms with van der Waals surface area (Å²) in [6, 6.07) is 0.908. The number of carboxylic acid groups (broad SMARTS) is 1. The van der Waals surface area contributed by atoms with Crippen LogP contribution in [-0.4, -0.2) is 30.5 Å². The van der Waals surface area contributed by atoms with Crippen molar-refractivity contribution in [1.82, 2.24) is 9.71 Å². The number of carboxylic acids is 1. The van der Waals surface area contributed by atoms with E-state index in [-0.39, 0.29) is 16.6 Å². The van der Waals surface area contributed by atoms with Crippen LogP contribution >= 0.6 is 0 Å². The van der Waals surface area contributed by atoms with Crippen LogP contribution in [0.1, 0.15) is 37.7 Å². The molecule has 1 aromatic rings. The topological polar surface area (TPSA) is 99.3 Å². The normalized spacial score (nSPS) is 13.8. The quantitative estimate of drug-likeness (QED) is 0.730. The summed E-state index contributed by atoms with van der Waals surface area (Å²) < 4.78 is 26.4. The second-order valence-corrected chi connectivity index (χ2v) is 6.42. The summed E-state index contributed by atoms with van der Waals surface area (Å²) in [6.45, 7) is 5.79. The van der Waals surface area contributed by atoms with Crippen molar-refractivity contribution in [2.24, 2.45) is 5.92 Å². The molecule has 1 aromatic heterocycles. The van der Waals surface area contributed by atoms with Crippen molar-refractivity contribution in [1.29, 1.82) is 0 Å². The Hall–Kier alpha value is -1.34. The minimum Gasteiger partial charge on any atom is -0.477 e. The van der Waals surface area contributed by atoms with E-state index in [0.717, 1.165) is 12.5 Å². The van der Waals surface area contributed by atoms with E-state index in [2.05, 4.69) is 9.71 Å². The molecule has 102 valence electrons. The fraction of sp³-hybridized carbons (Fsp3) is 0.545. The van der Waals surface area contributed by atoms with Crippen molar-refractivity contribution >= 4 is 16.0 Å². The molecule has 3 N–H and O–H groups in total. The number of aromatic carboxylic acids is 1. The monoisotopic (exact) mass is 274 g/mol. The SMILES string of the molecule is CC(C)CC(C)NS(=O)(=O)c1c[nH]c(C(=O)O)c1. The summed E-state index contributed by atoms with van der Waals surface area (Å²) in [5.74, 6) is -0.810. The molecule has 1 unspecified atom stereocenters. The predicted molar refractivity (Wildman–Crippen MR) is 67.0 cm³/mol. The largest absolute Gasteiger partial charge is 0.477 e. The number of rotatable bonds is 6. The van der Waals surface area contributed by atoms with Crippen LogP contribution in [0.2, 0.25) is 0 Å². The first-order valence-electron chi connectivity index (χ1n) is 5.66. The molecule has 1 heterocycles. The van der Waals surface area contributed by atoms with Gasteiger partial charge in [0.15, 0.2) is 0 Å². The van der Waals surface area contributed by atoms with E-state index in [1.165, 1.54) is 6.20 Å². The first-order chi connectivity index (χ1) is 8.22. The standard InChI is InChI=1S/C11H18N2O4S/c1-7(2)4-8(3)13-18(16,17)9-5-10(11(14)15)12-6-9/h5-8,12-13H,4H2,1-3H3,(H,14,15). The van der Waals surface area contributed by atoms with Gasteiger partial charge >= 0.3 is 5.97 Å². The number of sulfonamides is 1. The van der Waals surface area contributed by atoms with E-state index in [1.807, 2.05) is 13.8 Å². The van der Waals surface area contributed by atoms with Crippen LogP contribution in [0, 0.1) is 5.92 Å². The number of nitrogens with one attached hydrogen (secondary N) is 2. The summed E-state index contributed by atoms with van der Waals surface area (Å²) in [5.41, 5.74) is -0.146. The molecule has 1 atom stereocenters. The molecular formula is C11H18N2O4S. The third kappa shape index (κ3) is 3.85. The highest BCUT2D eigenvalue weighted by atomic mass is 32.2. The number of aromatic amines is 1. The summed E-state index contributed by atoms with van der Waals surface area (Å²) in [7, 11) is -3.66. The summed E-state index contributed by atoms with van der Waals surface area (Å²) in [6.07, 6.45) is 1.89. The van der Waals surface area contributed by atoms with Gasteiger partial charge in [-0.15, -0.1) is 0 Å². The summed E-state index contributed by atoms with van der Waals surface area (Å²) >= 11 is 0. The second kappa shape index (κ2) is 5.53. The summed E-state index contributed by atoms with van der Waals surface area (Å²) in [5, 5.41) is 8.72. The molecule has 0 aromatic carbocycles. The average molecular weight is 274 g/mol. The van der Waals surface area contributed by atoms with Crippen LogP contribution in [-0.2, 0) is 10.0 Å². The van der Waals surface area contributed by atoms with Crippen molar-refractivity contribution < 1.29 is 18.3 Å². The maximum atomic E-state index is 11.9. The number of hydrogen-bond acceptors (Lipinski definition) is 3. The van der Waals surface area contributed by atoms with E-state index in [0.29, 0.717) is 5.92 Å². The molecule has 0 amide bonds. The van der Waals surface area contributed by atoms with E-state index in [1.54, 1.807) is 6.92 Å². The van der Waals surface area contributed by atoms with E-state index in [9.17, 15) is 13.2 Å². The number of carbonyl (C=O) groups is 1. The third-order valence-electron chi connectivity index (χ3n) is 2.38. The lowest BCUT2D eigenvalue weighted by atomic mass is 10.1. The third-order valence-corrected chi connectivity index (χ3v) is 3.95. The van der Waals surface area contributed by atoms with Crippen molar-refractivity contribution in [2.75, 3.05) is 0 Å². The zero-order valence-corrected chi connectivity index (χ0v) is 11.4. The molecule has 0 aliphatic rings. The maximum absolute atomic E-state index is 11.9. The van der Waals surface area contributed by atoms with Crippen LogP contribution < -0.4 is 4.72 Å². The average Bonchev–Trinajstić information content (AvgIpc) is 2.63. The molecule has 0 saturated carbocycles. The molecule has 0 bridgehead atoms. The zero-order chi connectivity index (χ0) is 13.9. The van der Waals surface area contributed by atoms with E-state index in [4.69, 9.17) is 5.11 Å². The van der Waals surface area contributed by atoms with Crippen molar-refractivity contribution in [3.8, 4) is 0 Å². The van der Waals surface area contributed by atoms with Crippen LogP contribution in [0.25, 0.3) is 0 Å². The van der Waals surface area contributed by atoms with Gasteiger partial charge in [-0.1, -0.05) is 13.8 Å². The smallest absolute Gasteiger partial charge is 0.352 e. The second-order valence-electron chi connectivity index (χ2n) is 4.71. The van der Waals surface area contributed by atoms with Crippen molar-refractivity contribution in [2.45, 2.75) is 38.1 Å². The lowest BCUT2D eigenvalue weighted by Gasteiger charge is -2.15. The number of aromatic nitrogens is 1. The van der Waals surface area contributed by atoms with Gasteiger partial charge in [-0.3, -0.25) is 0 Å². The lowest BCUT2D eigenvalue weighted by Crippen LogP contribution is -2.33. The number of hydrogen-bond donors (Lipinski definition) is 3. The van der Waals surface area contributed by atoms with Crippen LogP contribution in [0.4, 0.5) is 0 Å². The Morgan fingerprint density at radius 3 is 2.50 bits per heavy atom. The molecular weight excluding hydrogens is 256 g/mol. The highest BCUT2D eigenvalue weighted by Crippen LogP contribution is 2.13. The first-order valence-corrected chi connectivity index (χ1v) is 7.14. The molecule has 0 fully saturated rings. The van der Waals surface area contributed by atoms with Gasteiger partial charge in [-0.25, -0.2) is 17.9 Å². The Balaban J connectivity index is 2.82.